The molecule has 2 fully saturated rings. The van der Waals surface area contributed by atoms with Gasteiger partial charge in [-0.05, 0) is 19.3 Å². The minimum atomic E-state index is -0.877. The highest BCUT2D eigenvalue weighted by molar-refractivity contribution is 5.84. The quantitative estimate of drug-likeness (QED) is 0.762. The highest BCUT2D eigenvalue weighted by Gasteiger charge is 2.33. The zero-order valence-corrected chi connectivity index (χ0v) is 9.22. The molecule has 2 saturated heterocycles. The standard InChI is InChI=1S/C11H17NO4/c13-10(5-8-6-16-7-8)12-4-2-1-3-9(12)11(14)15/h8-9H,1-7H2,(H,14,15). The summed E-state index contributed by atoms with van der Waals surface area (Å²) in [7, 11) is 0. The van der Waals surface area contributed by atoms with Crippen LogP contribution in [0.15, 0.2) is 0 Å². The van der Waals surface area contributed by atoms with E-state index >= 15 is 0 Å². The molecule has 0 radical (unpaired) electrons. The van der Waals surface area contributed by atoms with Crippen LogP contribution in [0.3, 0.4) is 0 Å². The van der Waals surface area contributed by atoms with Crippen molar-refractivity contribution in [1.82, 2.24) is 4.90 Å². The highest BCUT2D eigenvalue weighted by atomic mass is 16.5. The van der Waals surface area contributed by atoms with E-state index in [-0.39, 0.29) is 5.91 Å². The first-order chi connectivity index (χ1) is 7.68. The minimum Gasteiger partial charge on any atom is -0.480 e. The van der Waals surface area contributed by atoms with E-state index in [1.54, 1.807) is 0 Å². The average Bonchev–Trinajstić information content (AvgIpc) is 2.23. The molecule has 0 saturated carbocycles. The SMILES string of the molecule is O=C(O)C1CCCCN1C(=O)CC1COC1. The molecule has 0 aliphatic carbocycles. The molecule has 1 atom stereocenters. The van der Waals surface area contributed by atoms with Crippen molar-refractivity contribution in [1.29, 1.82) is 0 Å². The number of rotatable bonds is 3. The highest BCUT2D eigenvalue weighted by Crippen LogP contribution is 2.21. The number of carboxylic acid groups (broad SMARTS) is 1. The van der Waals surface area contributed by atoms with Crippen LogP contribution < -0.4 is 0 Å². The molecular formula is C11H17NO4. The second-order valence-corrected chi connectivity index (χ2v) is 4.54. The van der Waals surface area contributed by atoms with Crippen molar-refractivity contribution in [2.75, 3.05) is 19.8 Å². The molecule has 0 aromatic carbocycles. The van der Waals surface area contributed by atoms with Gasteiger partial charge in [0, 0.05) is 18.9 Å². The fraction of sp³-hybridized carbons (Fsp3) is 0.818. The first-order valence-corrected chi connectivity index (χ1v) is 5.78. The van der Waals surface area contributed by atoms with E-state index < -0.39 is 12.0 Å². The van der Waals surface area contributed by atoms with E-state index in [0.29, 0.717) is 38.5 Å². The number of carboxylic acids is 1. The lowest BCUT2D eigenvalue weighted by molar-refractivity contribution is -0.154. The van der Waals surface area contributed by atoms with Crippen LogP contribution in [0.5, 0.6) is 0 Å². The molecule has 1 amide bonds. The number of nitrogens with zero attached hydrogens (tertiary/aromatic N) is 1. The zero-order valence-electron chi connectivity index (χ0n) is 9.22. The molecule has 5 heteroatoms. The lowest BCUT2D eigenvalue weighted by Crippen LogP contribution is -2.49. The molecule has 0 aromatic heterocycles. The van der Waals surface area contributed by atoms with Gasteiger partial charge in [-0.1, -0.05) is 0 Å². The van der Waals surface area contributed by atoms with Gasteiger partial charge in [-0.25, -0.2) is 4.79 Å². The minimum absolute atomic E-state index is 0.0274. The van der Waals surface area contributed by atoms with Crippen LogP contribution in [0, 0.1) is 5.92 Å². The molecular weight excluding hydrogens is 210 g/mol. The van der Waals surface area contributed by atoms with Crippen molar-refractivity contribution >= 4 is 11.9 Å². The third-order valence-electron chi connectivity index (χ3n) is 3.28. The van der Waals surface area contributed by atoms with Crippen LogP contribution >= 0.6 is 0 Å². The Kier molecular flexibility index (Phi) is 3.43. The predicted octanol–water partition coefficient (Wildman–Crippen LogP) is 0.489. The summed E-state index contributed by atoms with van der Waals surface area (Å²) in [6.07, 6.45) is 2.83. The average molecular weight is 227 g/mol. The third-order valence-corrected chi connectivity index (χ3v) is 3.28. The largest absolute Gasteiger partial charge is 0.480 e. The maximum absolute atomic E-state index is 11.9. The van der Waals surface area contributed by atoms with Gasteiger partial charge >= 0.3 is 5.97 Å². The smallest absolute Gasteiger partial charge is 0.326 e. The van der Waals surface area contributed by atoms with Crippen molar-refractivity contribution in [3.8, 4) is 0 Å². The van der Waals surface area contributed by atoms with Gasteiger partial charge in [0.1, 0.15) is 6.04 Å². The first-order valence-electron chi connectivity index (χ1n) is 5.78. The summed E-state index contributed by atoms with van der Waals surface area (Å²) >= 11 is 0. The number of carbonyl (C=O) groups excluding carboxylic acids is 1. The number of amides is 1. The van der Waals surface area contributed by atoms with Crippen LogP contribution in [0.2, 0.25) is 0 Å². The second-order valence-electron chi connectivity index (χ2n) is 4.54. The number of ether oxygens (including phenoxy) is 1. The zero-order chi connectivity index (χ0) is 11.5. The maximum Gasteiger partial charge on any atom is 0.326 e. The molecule has 16 heavy (non-hydrogen) atoms. The maximum atomic E-state index is 11.9. The van der Waals surface area contributed by atoms with E-state index in [4.69, 9.17) is 9.84 Å². The Morgan fingerprint density at radius 1 is 1.31 bits per heavy atom. The van der Waals surface area contributed by atoms with Crippen molar-refractivity contribution in [2.45, 2.75) is 31.7 Å². The van der Waals surface area contributed by atoms with E-state index in [0.717, 1.165) is 12.8 Å². The number of hydrogen-bond donors (Lipinski definition) is 1. The van der Waals surface area contributed by atoms with E-state index in [1.807, 2.05) is 0 Å². The second kappa shape index (κ2) is 4.82. The summed E-state index contributed by atoms with van der Waals surface area (Å²) in [4.78, 5) is 24.5. The number of piperidine rings is 1. The van der Waals surface area contributed by atoms with Gasteiger partial charge in [-0.15, -0.1) is 0 Å². The monoisotopic (exact) mass is 227 g/mol. The molecule has 0 aromatic rings. The van der Waals surface area contributed by atoms with E-state index in [9.17, 15) is 9.59 Å². The Balaban J connectivity index is 1.93. The lowest BCUT2D eigenvalue weighted by Gasteiger charge is -2.35. The lowest BCUT2D eigenvalue weighted by atomic mass is 9.98. The third kappa shape index (κ3) is 2.35. The Morgan fingerprint density at radius 3 is 2.62 bits per heavy atom. The number of hydrogen-bond acceptors (Lipinski definition) is 3. The fourth-order valence-electron chi connectivity index (χ4n) is 2.25. The van der Waals surface area contributed by atoms with Crippen molar-refractivity contribution in [3.63, 3.8) is 0 Å². The molecule has 1 unspecified atom stereocenters. The van der Waals surface area contributed by atoms with Gasteiger partial charge in [-0.3, -0.25) is 4.79 Å². The topological polar surface area (TPSA) is 66.8 Å². The molecule has 2 heterocycles. The number of aliphatic carboxylic acids is 1. The van der Waals surface area contributed by atoms with Crippen LogP contribution in [0.4, 0.5) is 0 Å². The van der Waals surface area contributed by atoms with Crippen molar-refractivity contribution < 1.29 is 19.4 Å². The van der Waals surface area contributed by atoms with Crippen LogP contribution in [0.25, 0.3) is 0 Å². The normalized spacial score (nSPS) is 26.2. The Labute approximate surface area is 94.4 Å². The Hall–Kier alpha value is -1.10. The number of carbonyl (C=O) groups is 2. The first kappa shape index (κ1) is 11.4. The summed E-state index contributed by atoms with van der Waals surface area (Å²) in [5.74, 6) is -0.609. The predicted molar refractivity (Wildman–Crippen MR) is 55.9 cm³/mol. The summed E-state index contributed by atoms with van der Waals surface area (Å²) in [5.41, 5.74) is 0. The van der Waals surface area contributed by atoms with Gasteiger partial charge in [0.25, 0.3) is 0 Å². The molecule has 2 rings (SSSR count). The number of likely N-dealkylation sites (tertiary alicyclic amines) is 1. The van der Waals surface area contributed by atoms with Gasteiger partial charge < -0.3 is 14.7 Å². The summed E-state index contributed by atoms with van der Waals surface area (Å²) < 4.78 is 5.01. The van der Waals surface area contributed by atoms with Gasteiger partial charge in [-0.2, -0.15) is 0 Å². The summed E-state index contributed by atoms with van der Waals surface area (Å²) in [6.45, 7) is 1.86. The van der Waals surface area contributed by atoms with Crippen LogP contribution in [-0.2, 0) is 14.3 Å². The van der Waals surface area contributed by atoms with E-state index in [1.165, 1.54) is 4.90 Å². The molecule has 90 valence electrons. The van der Waals surface area contributed by atoms with Gasteiger partial charge in [0.2, 0.25) is 5.91 Å². The van der Waals surface area contributed by atoms with Crippen LogP contribution in [0.1, 0.15) is 25.7 Å². The molecule has 1 N–H and O–H groups in total. The Bertz CT molecular complexity index is 288. The molecule has 5 nitrogen and oxygen atoms in total. The van der Waals surface area contributed by atoms with Gasteiger partial charge in [0.05, 0.1) is 13.2 Å². The fourth-order valence-corrected chi connectivity index (χ4v) is 2.25. The van der Waals surface area contributed by atoms with E-state index in [2.05, 4.69) is 0 Å². The summed E-state index contributed by atoms with van der Waals surface area (Å²) in [6, 6.07) is -0.609. The molecule has 0 spiro atoms. The van der Waals surface area contributed by atoms with Gasteiger partial charge in [0.15, 0.2) is 0 Å². The summed E-state index contributed by atoms with van der Waals surface area (Å²) in [5, 5.41) is 9.04. The molecule has 2 aliphatic heterocycles. The Morgan fingerprint density at radius 2 is 2.06 bits per heavy atom. The molecule has 2 aliphatic rings. The molecule has 0 bridgehead atoms. The van der Waals surface area contributed by atoms with Crippen molar-refractivity contribution in [3.05, 3.63) is 0 Å². The van der Waals surface area contributed by atoms with Crippen LogP contribution in [-0.4, -0.2) is 47.7 Å². The van der Waals surface area contributed by atoms with Crippen molar-refractivity contribution in [2.24, 2.45) is 5.92 Å².